The summed E-state index contributed by atoms with van der Waals surface area (Å²) in [5, 5.41) is 1.34. The first-order chi connectivity index (χ1) is 15.0. The van der Waals surface area contributed by atoms with Crippen molar-refractivity contribution in [1.82, 2.24) is 4.90 Å². The van der Waals surface area contributed by atoms with Crippen LogP contribution in [0.25, 0.3) is 0 Å². The van der Waals surface area contributed by atoms with Gasteiger partial charge >= 0.3 is 0 Å². The molecule has 1 saturated heterocycles. The second-order valence-electron chi connectivity index (χ2n) is 8.09. The minimum Gasteiger partial charge on any atom is -0.325 e. The van der Waals surface area contributed by atoms with Gasteiger partial charge in [-0.1, -0.05) is 73.0 Å². The molecule has 0 bridgehead atoms. The summed E-state index contributed by atoms with van der Waals surface area (Å²) in [6.45, 7) is 2.08. The van der Waals surface area contributed by atoms with Crippen LogP contribution in [0, 0.1) is 5.82 Å². The van der Waals surface area contributed by atoms with E-state index in [1.54, 1.807) is 11.8 Å². The number of carbonyl (C=O) groups excluding carboxylic acids is 1. The molecule has 32 heavy (non-hydrogen) atoms. The molecule has 2 aromatic carbocycles. The maximum Gasteiger partial charge on any atom is 0.225 e. The third kappa shape index (κ3) is 5.77. The molecule has 0 spiro atoms. The summed E-state index contributed by atoms with van der Waals surface area (Å²) in [4.78, 5) is 21.5. The first-order valence-corrected chi connectivity index (χ1v) is 12.2. The zero-order chi connectivity index (χ0) is 21.8. The van der Waals surface area contributed by atoms with E-state index in [0.717, 1.165) is 23.6 Å². The smallest absolute Gasteiger partial charge is 0.225 e. The standard InChI is InChI=1S/C24H27ClFN3OS.ClH/c1-17(30)29(22-14-19(25)12-13-21(22)26)23-16-31-24(27-20-10-6-3-7-11-20)28(23)15-18-8-4-2-5-9-18;/h2,4-5,8-9,12-14,20,23H,3,6-7,10-11,15-16H2,1H3;1H. The Morgan fingerprint density at radius 3 is 2.59 bits per heavy atom. The summed E-state index contributed by atoms with van der Waals surface area (Å²) in [5.74, 6) is -0.0464. The molecule has 0 radical (unpaired) electrons. The molecule has 1 atom stereocenters. The minimum absolute atomic E-state index is 0. The van der Waals surface area contributed by atoms with Gasteiger partial charge in [0.15, 0.2) is 5.17 Å². The fraction of sp³-hybridized carbons (Fsp3) is 0.417. The molecule has 1 aliphatic carbocycles. The second-order valence-corrected chi connectivity index (χ2v) is 9.52. The number of benzene rings is 2. The van der Waals surface area contributed by atoms with Crippen molar-refractivity contribution in [3.05, 3.63) is 64.9 Å². The number of carbonyl (C=O) groups is 1. The lowest BCUT2D eigenvalue weighted by Crippen LogP contribution is -2.50. The fourth-order valence-corrected chi connectivity index (χ4v) is 5.67. The van der Waals surface area contributed by atoms with E-state index in [2.05, 4.69) is 17.0 Å². The molecule has 172 valence electrons. The predicted octanol–water partition coefficient (Wildman–Crippen LogP) is 6.52. The molecule has 0 N–H and O–H groups in total. The summed E-state index contributed by atoms with van der Waals surface area (Å²) in [6.07, 6.45) is 5.57. The molecular formula is C24H28Cl2FN3OS. The number of amidine groups is 1. The van der Waals surface area contributed by atoms with Crippen molar-refractivity contribution in [3.63, 3.8) is 0 Å². The Balaban J connectivity index is 0.00000289. The monoisotopic (exact) mass is 495 g/mol. The van der Waals surface area contributed by atoms with Gasteiger partial charge in [0.05, 0.1) is 11.7 Å². The highest BCUT2D eigenvalue weighted by molar-refractivity contribution is 8.14. The van der Waals surface area contributed by atoms with Gasteiger partial charge in [-0.3, -0.25) is 14.7 Å². The van der Waals surface area contributed by atoms with Crippen molar-refractivity contribution < 1.29 is 9.18 Å². The number of halogens is 3. The van der Waals surface area contributed by atoms with Crippen LogP contribution < -0.4 is 4.90 Å². The highest BCUT2D eigenvalue weighted by atomic mass is 35.5. The first kappa shape index (κ1) is 24.9. The summed E-state index contributed by atoms with van der Waals surface area (Å²) < 4.78 is 14.7. The van der Waals surface area contributed by atoms with E-state index in [1.807, 2.05) is 18.2 Å². The van der Waals surface area contributed by atoms with Crippen LogP contribution in [0.4, 0.5) is 10.1 Å². The molecule has 2 aromatic rings. The van der Waals surface area contributed by atoms with Gasteiger partial charge in [-0.05, 0) is 36.6 Å². The molecule has 1 heterocycles. The van der Waals surface area contributed by atoms with E-state index in [1.165, 1.54) is 49.3 Å². The zero-order valence-corrected chi connectivity index (χ0v) is 20.4. The van der Waals surface area contributed by atoms with E-state index < -0.39 is 5.82 Å². The topological polar surface area (TPSA) is 35.9 Å². The average molecular weight is 496 g/mol. The maximum atomic E-state index is 14.7. The van der Waals surface area contributed by atoms with Crippen LogP contribution in [0.15, 0.2) is 53.5 Å². The van der Waals surface area contributed by atoms with Gasteiger partial charge in [0, 0.05) is 24.2 Å². The number of hydrogen-bond acceptors (Lipinski definition) is 3. The predicted molar refractivity (Wildman–Crippen MR) is 134 cm³/mol. The Morgan fingerprint density at radius 2 is 1.91 bits per heavy atom. The third-order valence-electron chi connectivity index (χ3n) is 5.84. The van der Waals surface area contributed by atoms with Gasteiger partial charge in [-0.15, -0.1) is 12.4 Å². The van der Waals surface area contributed by atoms with Crippen LogP contribution >= 0.6 is 35.8 Å². The van der Waals surface area contributed by atoms with Crippen molar-refractivity contribution in [2.24, 2.45) is 4.99 Å². The van der Waals surface area contributed by atoms with Crippen molar-refractivity contribution in [2.45, 2.75) is 57.8 Å². The van der Waals surface area contributed by atoms with Gasteiger partial charge < -0.3 is 4.90 Å². The Hall–Kier alpha value is -1.76. The van der Waals surface area contributed by atoms with Crippen LogP contribution in [0.3, 0.4) is 0 Å². The van der Waals surface area contributed by atoms with Crippen LogP contribution in [0.2, 0.25) is 5.02 Å². The number of aliphatic imine (C=N–C) groups is 1. The van der Waals surface area contributed by atoms with Gasteiger partial charge in [0.25, 0.3) is 0 Å². The van der Waals surface area contributed by atoms with Crippen molar-refractivity contribution in [3.8, 4) is 0 Å². The van der Waals surface area contributed by atoms with E-state index in [4.69, 9.17) is 16.6 Å². The van der Waals surface area contributed by atoms with Crippen LogP contribution in [0.5, 0.6) is 0 Å². The van der Waals surface area contributed by atoms with Gasteiger partial charge in [0.2, 0.25) is 5.91 Å². The Labute approximate surface area is 204 Å². The second kappa shape index (κ2) is 11.4. The Kier molecular flexibility index (Phi) is 8.86. The fourth-order valence-electron chi connectivity index (χ4n) is 4.30. The molecule has 1 amide bonds. The zero-order valence-electron chi connectivity index (χ0n) is 18.0. The van der Waals surface area contributed by atoms with Gasteiger partial charge in [-0.25, -0.2) is 4.39 Å². The van der Waals surface area contributed by atoms with Crippen LogP contribution in [-0.2, 0) is 11.3 Å². The number of amides is 1. The van der Waals surface area contributed by atoms with E-state index in [0.29, 0.717) is 23.4 Å². The average Bonchev–Trinajstić information content (AvgIpc) is 3.14. The molecule has 0 aromatic heterocycles. The molecule has 4 rings (SSSR count). The highest BCUT2D eigenvalue weighted by Crippen LogP contribution is 2.35. The normalized spacial score (nSPS) is 20.3. The summed E-state index contributed by atoms with van der Waals surface area (Å²) >= 11 is 7.80. The number of rotatable bonds is 5. The molecule has 2 aliphatic rings. The molecule has 1 unspecified atom stereocenters. The molecular weight excluding hydrogens is 468 g/mol. The number of anilines is 1. The summed E-state index contributed by atoms with van der Waals surface area (Å²) in [6, 6.07) is 14.8. The highest BCUT2D eigenvalue weighted by Gasteiger charge is 2.38. The van der Waals surface area contributed by atoms with E-state index in [9.17, 15) is 9.18 Å². The lowest BCUT2D eigenvalue weighted by atomic mass is 9.96. The van der Waals surface area contributed by atoms with Crippen molar-refractivity contribution in [2.75, 3.05) is 10.7 Å². The van der Waals surface area contributed by atoms with E-state index >= 15 is 0 Å². The molecule has 2 fully saturated rings. The van der Waals surface area contributed by atoms with Crippen LogP contribution in [-0.4, -0.2) is 33.9 Å². The molecule has 1 saturated carbocycles. The molecule has 4 nitrogen and oxygen atoms in total. The lowest BCUT2D eigenvalue weighted by molar-refractivity contribution is -0.117. The quantitative estimate of drug-likeness (QED) is 0.473. The largest absolute Gasteiger partial charge is 0.325 e. The first-order valence-electron chi connectivity index (χ1n) is 10.8. The summed E-state index contributed by atoms with van der Waals surface area (Å²) in [5.41, 5.74) is 1.34. The lowest BCUT2D eigenvalue weighted by Gasteiger charge is -2.35. The third-order valence-corrected chi connectivity index (χ3v) is 7.13. The molecule has 8 heteroatoms. The minimum atomic E-state index is -0.457. The number of nitrogens with zero attached hydrogens (tertiary/aromatic N) is 3. The van der Waals surface area contributed by atoms with Crippen molar-refractivity contribution in [1.29, 1.82) is 0 Å². The van der Waals surface area contributed by atoms with Gasteiger partial charge in [-0.2, -0.15) is 0 Å². The maximum absolute atomic E-state index is 14.7. The number of hydrogen-bond donors (Lipinski definition) is 0. The number of thioether (sulfide) groups is 1. The Morgan fingerprint density at radius 1 is 1.19 bits per heavy atom. The Bertz CT molecular complexity index is 954. The van der Waals surface area contributed by atoms with Crippen molar-refractivity contribution >= 4 is 52.5 Å². The SMILES string of the molecule is CC(=O)N(c1cc(Cl)ccc1F)C1CSC(=NC2CCCCC2)N1Cc1ccccc1.Cl. The van der Waals surface area contributed by atoms with Crippen LogP contribution in [0.1, 0.15) is 44.6 Å². The molecule has 1 aliphatic heterocycles. The summed E-state index contributed by atoms with van der Waals surface area (Å²) in [7, 11) is 0. The van der Waals surface area contributed by atoms with Gasteiger partial charge in [0.1, 0.15) is 12.0 Å². The van der Waals surface area contributed by atoms with E-state index in [-0.39, 0.29) is 30.2 Å².